The van der Waals surface area contributed by atoms with Crippen molar-refractivity contribution in [1.29, 1.82) is 0 Å². The van der Waals surface area contributed by atoms with Crippen LogP contribution >= 0.6 is 23.5 Å². The number of hydrogen-bond donors (Lipinski definition) is 0. The van der Waals surface area contributed by atoms with Gasteiger partial charge in [0.1, 0.15) is 15.5 Å². The molecule has 0 heterocycles. The van der Waals surface area contributed by atoms with E-state index < -0.39 is 42.3 Å². The molecule has 0 aliphatic rings. The molecule has 39 heavy (non-hydrogen) atoms. The first-order valence-corrected chi connectivity index (χ1v) is 15.4. The van der Waals surface area contributed by atoms with Crippen molar-refractivity contribution < 1.29 is 49.2 Å². The lowest BCUT2D eigenvalue weighted by Gasteiger charge is -2.07. The van der Waals surface area contributed by atoms with Crippen LogP contribution in [0.4, 0.5) is 0 Å². The van der Waals surface area contributed by atoms with Crippen LogP contribution in [0.25, 0.3) is 0 Å². The van der Waals surface area contributed by atoms with E-state index in [-0.39, 0.29) is 21.3 Å². The first-order valence-electron chi connectivity index (χ1n) is 10.6. The Bertz CT molecular complexity index is 1420. The van der Waals surface area contributed by atoms with Crippen molar-refractivity contribution in [3.63, 3.8) is 0 Å². The molecule has 0 spiro atoms. The zero-order chi connectivity index (χ0) is 29.1. The quantitative estimate of drug-likeness (QED) is 0.125. The van der Waals surface area contributed by atoms with Gasteiger partial charge in [0.25, 0.3) is 0 Å². The second-order valence-corrected chi connectivity index (χ2v) is 12.2. The van der Waals surface area contributed by atoms with Gasteiger partial charge >= 0.3 is 32.2 Å². The molecule has 0 saturated heterocycles. The molecule has 0 aromatic heterocycles. The van der Waals surface area contributed by atoms with E-state index >= 15 is 0 Å². The van der Waals surface area contributed by atoms with Crippen molar-refractivity contribution >= 4 is 65.8 Å². The van der Waals surface area contributed by atoms with Gasteiger partial charge in [-0.1, -0.05) is 51.5 Å². The summed E-state index contributed by atoms with van der Waals surface area (Å²) in [5.41, 5.74) is 0.833. The van der Waals surface area contributed by atoms with Crippen LogP contribution in [0, 0.1) is 6.92 Å². The molecule has 0 radical (unpaired) electrons. The average molecular weight is 621 g/mol. The van der Waals surface area contributed by atoms with Crippen LogP contribution in [-0.2, 0) is 47.9 Å². The SMILES string of the molecule is COC(=O)/C(=N/OS(=O)(=O)c1ccc(C)cc1)SCCS/C(=N\OS(=O)(=O)c1ccc(OC)cc1)C(=O)OC. The van der Waals surface area contributed by atoms with Crippen molar-refractivity contribution in [2.45, 2.75) is 16.7 Å². The summed E-state index contributed by atoms with van der Waals surface area (Å²) in [5.74, 6) is -1.38. The molecule has 0 amide bonds. The molecule has 0 unspecified atom stereocenters. The number of carbonyl (C=O) groups excluding carboxylic acids is 2. The monoisotopic (exact) mass is 620 g/mol. The predicted octanol–water partition coefficient (Wildman–Crippen LogP) is 2.55. The number of aryl methyl sites for hydroxylation is 1. The van der Waals surface area contributed by atoms with Gasteiger partial charge in [0.15, 0.2) is 0 Å². The van der Waals surface area contributed by atoms with Crippen LogP contribution in [0.1, 0.15) is 5.56 Å². The number of thioether (sulfide) groups is 2. The Labute approximate surface area is 234 Å². The summed E-state index contributed by atoms with van der Waals surface area (Å²) in [6, 6.07) is 11.1. The fourth-order valence-electron chi connectivity index (χ4n) is 2.40. The smallest absolute Gasteiger partial charge is 0.366 e. The van der Waals surface area contributed by atoms with Gasteiger partial charge < -0.3 is 14.2 Å². The third kappa shape index (κ3) is 9.76. The van der Waals surface area contributed by atoms with Gasteiger partial charge in [-0.2, -0.15) is 16.8 Å². The lowest BCUT2D eigenvalue weighted by Crippen LogP contribution is -2.17. The van der Waals surface area contributed by atoms with Gasteiger partial charge in [-0.05, 0) is 43.3 Å². The molecule has 17 heteroatoms. The molecule has 0 N–H and O–H groups in total. The molecule has 0 aliphatic heterocycles. The van der Waals surface area contributed by atoms with E-state index in [1.54, 1.807) is 19.1 Å². The standard InChI is InChI=1S/C22H24N2O11S4/c1-15-5-9-17(10-6-15)38(27,28)34-23-19(21(25)32-3)36-13-14-37-20(22(26)33-4)24-35-39(29,30)18-11-7-16(31-2)8-12-18/h5-12H,13-14H2,1-4H3/b23-19-,24-20-. The van der Waals surface area contributed by atoms with Crippen molar-refractivity contribution in [3.05, 3.63) is 54.1 Å². The number of esters is 2. The minimum atomic E-state index is -4.35. The summed E-state index contributed by atoms with van der Waals surface area (Å²) >= 11 is 1.52. The maximum Gasteiger partial charge on any atom is 0.366 e. The van der Waals surface area contributed by atoms with Gasteiger partial charge in [0.2, 0.25) is 10.1 Å². The molecule has 0 fully saturated rings. The highest BCUT2D eigenvalue weighted by Crippen LogP contribution is 2.20. The van der Waals surface area contributed by atoms with Crippen molar-refractivity contribution in [1.82, 2.24) is 0 Å². The largest absolute Gasteiger partial charge is 0.497 e. The van der Waals surface area contributed by atoms with Gasteiger partial charge in [-0.3, -0.25) is 8.57 Å². The van der Waals surface area contributed by atoms with E-state index in [4.69, 9.17) is 4.74 Å². The number of ether oxygens (including phenoxy) is 3. The van der Waals surface area contributed by atoms with Gasteiger partial charge in [-0.15, -0.1) is 0 Å². The lowest BCUT2D eigenvalue weighted by atomic mass is 10.2. The van der Waals surface area contributed by atoms with Gasteiger partial charge in [0, 0.05) is 11.5 Å². The molecule has 2 rings (SSSR count). The minimum Gasteiger partial charge on any atom is -0.497 e. The maximum atomic E-state index is 12.4. The van der Waals surface area contributed by atoms with E-state index in [1.165, 1.54) is 43.5 Å². The number of hydrogen-bond acceptors (Lipinski definition) is 15. The highest BCUT2D eigenvalue weighted by atomic mass is 32.2. The third-order valence-corrected chi connectivity index (χ3v) is 8.72. The van der Waals surface area contributed by atoms with E-state index in [1.807, 2.05) is 0 Å². The number of carbonyl (C=O) groups is 2. The van der Waals surface area contributed by atoms with Crippen LogP contribution in [-0.4, -0.2) is 71.7 Å². The molecule has 2 aromatic carbocycles. The average Bonchev–Trinajstić information content (AvgIpc) is 2.93. The summed E-state index contributed by atoms with van der Waals surface area (Å²) in [5, 5.41) is 5.99. The van der Waals surface area contributed by atoms with Gasteiger partial charge in [-0.25, -0.2) is 9.59 Å². The summed E-state index contributed by atoms with van der Waals surface area (Å²) < 4.78 is 72.9. The van der Waals surface area contributed by atoms with E-state index in [9.17, 15) is 26.4 Å². The second kappa shape index (κ2) is 14.8. The van der Waals surface area contributed by atoms with E-state index in [0.717, 1.165) is 43.3 Å². The number of oxime groups is 2. The van der Waals surface area contributed by atoms with Crippen molar-refractivity contribution in [2.75, 3.05) is 32.8 Å². The molecule has 212 valence electrons. The fraction of sp³-hybridized carbons (Fsp3) is 0.273. The van der Waals surface area contributed by atoms with Crippen LogP contribution in [0.2, 0.25) is 0 Å². The normalized spacial score (nSPS) is 12.4. The molecule has 13 nitrogen and oxygen atoms in total. The maximum absolute atomic E-state index is 12.4. The second-order valence-electron chi connectivity index (χ2n) is 7.02. The first kappa shape index (κ1) is 31.9. The first-order chi connectivity index (χ1) is 18.4. The Kier molecular flexibility index (Phi) is 12.1. The van der Waals surface area contributed by atoms with E-state index in [2.05, 4.69) is 28.4 Å². The molecular weight excluding hydrogens is 597 g/mol. The lowest BCUT2D eigenvalue weighted by molar-refractivity contribution is -0.133. The number of nitrogens with zero attached hydrogens (tertiary/aromatic N) is 2. The minimum absolute atomic E-state index is 0.0608. The number of methoxy groups -OCH3 is 3. The Morgan fingerprint density at radius 1 is 0.692 bits per heavy atom. The molecule has 2 aromatic rings. The molecule has 0 atom stereocenters. The molecular formula is C22H24N2O11S4. The number of benzene rings is 2. The van der Waals surface area contributed by atoms with Gasteiger partial charge in [0.05, 0.1) is 21.3 Å². The van der Waals surface area contributed by atoms with Crippen LogP contribution in [0.3, 0.4) is 0 Å². The summed E-state index contributed by atoms with van der Waals surface area (Å²) in [6.45, 7) is 1.78. The Balaban J connectivity index is 2.06. The van der Waals surface area contributed by atoms with Crippen molar-refractivity contribution in [3.8, 4) is 5.75 Å². The summed E-state index contributed by atoms with van der Waals surface area (Å²) in [4.78, 5) is 23.7. The molecule has 0 saturated carbocycles. The summed E-state index contributed by atoms with van der Waals surface area (Å²) in [6.07, 6.45) is 0. The molecule has 0 aliphatic carbocycles. The van der Waals surface area contributed by atoms with Crippen LogP contribution < -0.4 is 4.74 Å². The zero-order valence-corrected chi connectivity index (χ0v) is 24.3. The predicted molar refractivity (Wildman–Crippen MR) is 145 cm³/mol. The van der Waals surface area contributed by atoms with Crippen molar-refractivity contribution in [2.24, 2.45) is 10.3 Å². The highest BCUT2D eigenvalue weighted by Gasteiger charge is 2.22. The Hall–Kier alpha value is -3.28. The zero-order valence-electron chi connectivity index (χ0n) is 21.1. The summed E-state index contributed by atoms with van der Waals surface area (Å²) in [7, 11) is -5.08. The Morgan fingerprint density at radius 3 is 1.44 bits per heavy atom. The van der Waals surface area contributed by atoms with E-state index in [0.29, 0.717) is 5.75 Å². The highest BCUT2D eigenvalue weighted by molar-refractivity contribution is 8.18. The topological polar surface area (TPSA) is 173 Å². The third-order valence-electron chi connectivity index (χ3n) is 4.38. The fourth-order valence-corrected chi connectivity index (χ4v) is 5.58. The van der Waals surface area contributed by atoms with Crippen LogP contribution in [0.5, 0.6) is 5.75 Å². The Morgan fingerprint density at radius 2 is 1.08 bits per heavy atom. The number of rotatable bonds is 10. The van der Waals surface area contributed by atoms with Crippen LogP contribution in [0.15, 0.2) is 68.6 Å². The molecule has 0 bridgehead atoms.